The predicted molar refractivity (Wildman–Crippen MR) is 101 cm³/mol. The Hall–Kier alpha value is -2.59. The van der Waals surface area contributed by atoms with Crippen molar-refractivity contribution >= 4 is 29.6 Å². The predicted octanol–water partition coefficient (Wildman–Crippen LogP) is 3.92. The van der Waals surface area contributed by atoms with Gasteiger partial charge in [0, 0.05) is 20.1 Å². The summed E-state index contributed by atoms with van der Waals surface area (Å²) < 4.78 is 0. The van der Waals surface area contributed by atoms with E-state index in [1.54, 1.807) is 4.90 Å². The lowest BCUT2D eigenvalue weighted by Crippen LogP contribution is -2.41. The third-order valence-electron chi connectivity index (χ3n) is 4.20. The molecule has 0 atom stereocenters. The van der Waals surface area contributed by atoms with Gasteiger partial charge in [-0.3, -0.25) is 4.90 Å². The molecule has 1 heterocycles. The van der Waals surface area contributed by atoms with E-state index in [9.17, 15) is 4.79 Å². The third-order valence-corrected chi connectivity index (χ3v) is 4.20. The number of hydrogen-bond acceptors (Lipinski definition) is 2. The molecule has 24 heavy (non-hydrogen) atoms. The Morgan fingerprint density at radius 2 is 1.33 bits per heavy atom. The zero-order valence-electron chi connectivity index (χ0n) is 14.4. The van der Waals surface area contributed by atoms with Crippen LogP contribution in [0.15, 0.2) is 48.5 Å². The van der Waals surface area contributed by atoms with Crippen LogP contribution in [0.2, 0.25) is 0 Å². The first-order valence-corrected chi connectivity index (χ1v) is 8.14. The summed E-state index contributed by atoms with van der Waals surface area (Å²) in [6.45, 7) is 1.51. The van der Waals surface area contributed by atoms with Crippen molar-refractivity contribution in [2.75, 3.05) is 39.1 Å². The molecule has 0 bridgehead atoms. The third kappa shape index (κ3) is 3.19. The van der Waals surface area contributed by atoms with Gasteiger partial charge in [-0.05, 0) is 37.4 Å². The fraction of sp³-hybridized carbons (Fsp3) is 0.250. The van der Waals surface area contributed by atoms with Crippen LogP contribution in [-0.2, 0) is 0 Å². The van der Waals surface area contributed by atoms with Crippen molar-refractivity contribution in [3.05, 3.63) is 59.7 Å². The van der Waals surface area contributed by atoms with Crippen LogP contribution in [0.5, 0.6) is 0 Å². The quantitative estimate of drug-likeness (QED) is 0.856. The van der Waals surface area contributed by atoms with Crippen molar-refractivity contribution in [3.63, 3.8) is 0 Å². The van der Waals surface area contributed by atoms with E-state index >= 15 is 0 Å². The van der Waals surface area contributed by atoms with Crippen LogP contribution in [0.25, 0.3) is 12.2 Å². The van der Waals surface area contributed by atoms with Crippen LogP contribution in [0.4, 0.5) is 16.2 Å². The number of likely N-dealkylation sites (N-methyl/N-ethyl adjacent to an activating group) is 2. The maximum absolute atomic E-state index is 13.2. The van der Waals surface area contributed by atoms with E-state index in [2.05, 4.69) is 17.1 Å². The van der Waals surface area contributed by atoms with E-state index in [1.165, 1.54) is 0 Å². The smallest absolute Gasteiger partial charge is 0.326 e. The lowest BCUT2D eigenvalue weighted by Gasteiger charge is -2.30. The number of benzene rings is 2. The summed E-state index contributed by atoms with van der Waals surface area (Å²) in [4.78, 5) is 18.9. The molecule has 2 aromatic rings. The Kier molecular flexibility index (Phi) is 4.67. The maximum Gasteiger partial charge on any atom is 0.328 e. The van der Waals surface area contributed by atoms with Crippen LogP contribution >= 0.6 is 0 Å². The number of amides is 2. The summed E-state index contributed by atoms with van der Waals surface area (Å²) in [5.41, 5.74) is 3.92. The Labute approximate surface area is 143 Å². The minimum absolute atomic E-state index is 0.0135. The van der Waals surface area contributed by atoms with Gasteiger partial charge in [0.05, 0.1) is 11.4 Å². The molecular formula is C20H23N3O. The zero-order valence-corrected chi connectivity index (χ0v) is 14.4. The summed E-state index contributed by atoms with van der Waals surface area (Å²) in [5.74, 6) is 0. The Morgan fingerprint density at radius 3 is 1.83 bits per heavy atom. The molecule has 4 heteroatoms. The molecule has 0 fully saturated rings. The molecule has 124 valence electrons. The summed E-state index contributed by atoms with van der Waals surface area (Å²) in [6, 6.07) is 16.0. The monoisotopic (exact) mass is 321 g/mol. The molecule has 0 saturated carbocycles. The molecular weight excluding hydrogens is 298 g/mol. The van der Waals surface area contributed by atoms with E-state index < -0.39 is 0 Å². The molecule has 0 aromatic heterocycles. The van der Waals surface area contributed by atoms with E-state index in [4.69, 9.17) is 0 Å². The van der Waals surface area contributed by atoms with Crippen LogP contribution in [0.1, 0.15) is 11.1 Å². The molecule has 1 aliphatic rings. The van der Waals surface area contributed by atoms with Crippen LogP contribution < -0.4 is 4.90 Å². The molecule has 4 nitrogen and oxygen atoms in total. The standard InChI is InChI=1S/C20H23N3O/c1-21(2)14-15-22(3)20(24)23-18-10-6-4-8-16(18)12-13-17-9-5-7-11-19(17)23/h4-13H,14-15H2,1-3H3. The molecule has 0 unspecified atom stereocenters. The average Bonchev–Trinajstić information content (AvgIpc) is 2.76. The van der Waals surface area contributed by atoms with Gasteiger partial charge in [0.2, 0.25) is 0 Å². The minimum Gasteiger partial charge on any atom is -0.326 e. The minimum atomic E-state index is -0.0135. The second-order valence-corrected chi connectivity index (χ2v) is 6.29. The molecule has 2 amide bonds. The van der Waals surface area contributed by atoms with Crippen molar-refractivity contribution in [2.24, 2.45) is 0 Å². The van der Waals surface area contributed by atoms with Gasteiger partial charge in [-0.15, -0.1) is 0 Å². The highest BCUT2D eigenvalue weighted by Crippen LogP contribution is 2.36. The Bertz CT molecular complexity index is 717. The van der Waals surface area contributed by atoms with Gasteiger partial charge in [0.15, 0.2) is 0 Å². The topological polar surface area (TPSA) is 26.8 Å². The maximum atomic E-state index is 13.2. The number of hydrogen-bond donors (Lipinski definition) is 0. The second kappa shape index (κ2) is 6.89. The summed E-state index contributed by atoms with van der Waals surface area (Å²) in [5, 5.41) is 0. The number of rotatable bonds is 3. The second-order valence-electron chi connectivity index (χ2n) is 6.29. The van der Waals surface area contributed by atoms with Crippen molar-refractivity contribution in [2.45, 2.75) is 0 Å². The molecule has 0 radical (unpaired) electrons. The number of para-hydroxylation sites is 2. The fourth-order valence-corrected chi connectivity index (χ4v) is 2.80. The van der Waals surface area contributed by atoms with Gasteiger partial charge in [-0.1, -0.05) is 48.6 Å². The van der Waals surface area contributed by atoms with Crippen LogP contribution in [-0.4, -0.2) is 50.1 Å². The fourth-order valence-electron chi connectivity index (χ4n) is 2.80. The van der Waals surface area contributed by atoms with E-state index in [0.717, 1.165) is 29.0 Å². The zero-order chi connectivity index (χ0) is 17.1. The molecule has 3 rings (SSSR count). The number of nitrogens with zero attached hydrogens (tertiary/aromatic N) is 3. The highest BCUT2D eigenvalue weighted by Gasteiger charge is 2.26. The van der Waals surface area contributed by atoms with Crippen LogP contribution in [0.3, 0.4) is 0 Å². The van der Waals surface area contributed by atoms with Gasteiger partial charge >= 0.3 is 6.03 Å². The van der Waals surface area contributed by atoms with Crippen LogP contribution in [0, 0.1) is 0 Å². The summed E-state index contributed by atoms with van der Waals surface area (Å²) >= 11 is 0. The van der Waals surface area contributed by atoms with Gasteiger partial charge in [-0.25, -0.2) is 4.79 Å². The Morgan fingerprint density at radius 1 is 0.833 bits per heavy atom. The highest BCUT2D eigenvalue weighted by molar-refractivity contribution is 6.05. The first-order chi connectivity index (χ1) is 11.6. The van der Waals surface area contributed by atoms with E-state index in [0.29, 0.717) is 6.54 Å². The van der Waals surface area contributed by atoms with Crippen molar-refractivity contribution in [1.29, 1.82) is 0 Å². The molecule has 0 aliphatic carbocycles. The number of urea groups is 1. The average molecular weight is 321 g/mol. The van der Waals surface area contributed by atoms with Crippen molar-refractivity contribution < 1.29 is 4.79 Å². The van der Waals surface area contributed by atoms with Gasteiger partial charge < -0.3 is 9.80 Å². The largest absolute Gasteiger partial charge is 0.328 e. The van der Waals surface area contributed by atoms with E-state index in [1.807, 2.05) is 74.6 Å². The van der Waals surface area contributed by atoms with Gasteiger partial charge in [0.1, 0.15) is 0 Å². The number of carbonyl (C=O) groups is 1. The summed E-state index contributed by atoms with van der Waals surface area (Å²) in [7, 11) is 5.88. The number of anilines is 2. The van der Waals surface area contributed by atoms with E-state index in [-0.39, 0.29) is 6.03 Å². The lowest BCUT2D eigenvalue weighted by molar-refractivity contribution is 0.213. The Balaban J connectivity index is 2.02. The molecule has 1 aliphatic heterocycles. The van der Waals surface area contributed by atoms with Gasteiger partial charge in [0.25, 0.3) is 0 Å². The highest BCUT2D eigenvalue weighted by atomic mass is 16.2. The molecule has 0 spiro atoms. The first kappa shape index (κ1) is 16.3. The van der Waals surface area contributed by atoms with Crippen molar-refractivity contribution in [1.82, 2.24) is 9.80 Å². The molecule has 0 saturated heterocycles. The SMILES string of the molecule is CN(C)CCN(C)C(=O)N1c2ccccc2C=Cc2ccccc21. The number of carbonyl (C=O) groups excluding carboxylic acids is 1. The first-order valence-electron chi connectivity index (χ1n) is 8.14. The number of fused-ring (bicyclic) bond motifs is 2. The van der Waals surface area contributed by atoms with Gasteiger partial charge in [-0.2, -0.15) is 0 Å². The van der Waals surface area contributed by atoms with Crippen molar-refractivity contribution in [3.8, 4) is 0 Å². The summed E-state index contributed by atoms with van der Waals surface area (Å²) in [6.07, 6.45) is 4.14. The molecule has 0 N–H and O–H groups in total. The molecule has 2 aromatic carbocycles. The lowest BCUT2D eigenvalue weighted by atomic mass is 10.1. The normalized spacial score (nSPS) is 12.6.